The number of aromatic nitrogens is 4. The van der Waals surface area contributed by atoms with Crippen LogP contribution in [0.15, 0.2) is 73.1 Å². The Bertz CT molecular complexity index is 1140. The predicted octanol–water partition coefficient (Wildman–Crippen LogP) is 3.84. The number of halogens is 2. The number of benzene rings is 2. The molecular formula is C21H17ClFN5O. The number of nitrogens with zero attached hydrogens (tertiary/aromatic N) is 4. The van der Waals surface area contributed by atoms with E-state index in [1.54, 1.807) is 45.9 Å². The van der Waals surface area contributed by atoms with Crippen LogP contribution in [0.4, 0.5) is 4.39 Å². The lowest BCUT2D eigenvalue weighted by molar-refractivity contribution is 0.0945. The zero-order valence-corrected chi connectivity index (χ0v) is 16.1. The van der Waals surface area contributed by atoms with E-state index >= 15 is 0 Å². The third-order valence-electron chi connectivity index (χ3n) is 4.45. The summed E-state index contributed by atoms with van der Waals surface area (Å²) in [6.45, 7) is 0.398. The predicted molar refractivity (Wildman–Crippen MR) is 107 cm³/mol. The van der Waals surface area contributed by atoms with E-state index in [4.69, 9.17) is 11.6 Å². The van der Waals surface area contributed by atoms with Gasteiger partial charge in [0.1, 0.15) is 5.82 Å². The Hall–Kier alpha value is -3.45. The normalized spacial score (nSPS) is 10.8. The van der Waals surface area contributed by atoms with E-state index in [1.165, 1.54) is 6.07 Å². The molecule has 29 heavy (non-hydrogen) atoms. The van der Waals surface area contributed by atoms with Crippen molar-refractivity contribution >= 4 is 17.5 Å². The third kappa shape index (κ3) is 4.05. The highest BCUT2D eigenvalue weighted by Crippen LogP contribution is 2.19. The van der Waals surface area contributed by atoms with Gasteiger partial charge in [-0.25, -0.2) is 9.07 Å². The second-order valence-electron chi connectivity index (χ2n) is 6.38. The lowest BCUT2D eigenvalue weighted by atomic mass is 10.2. The quantitative estimate of drug-likeness (QED) is 0.526. The Morgan fingerprint density at radius 3 is 2.41 bits per heavy atom. The number of hydrogen-bond acceptors (Lipinski definition) is 3. The Morgan fingerprint density at radius 2 is 1.69 bits per heavy atom. The summed E-state index contributed by atoms with van der Waals surface area (Å²) in [5.74, 6) is -0.316. The van der Waals surface area contributed by atoms with E-state index in [1.807, 2.05) is 30.3 Å². The maximum Gasteiger partial charge on any atom is 0.276 e. The first kappa shape index (κ1) is 18.9. The van der Waals surface area contributed by atoms with Crippen LogP contribution < -0.4 is 5.32 Å². The van der Waals surface area contributed by atoms with E-state index < -0.39 is 5.91 Å². The average Bonchev–Trinajstić information content (AvgIpc) is 3.38. The molecule has 0 unspecified atom stereocenters. The fourth-order valence-electron chi connectivity index (χ4n) is 2.98. The summed E-state index contributed by atoms with van der Waals surface area (Å²) in [5, 5.41) is 11.5. The van der Waals surface area contributed by atoms with Gasteiger partial charge >= 0.3 is 0 Å². The highest BCUT2D eigenvalue weighted by atomic mass is 35.5. The molecule has 0 radical (unpaired) electrons. The lowest BCUT2D eigenvalue weighted by Crippen LogP contribution is -2.25. The van der Waals surface area contributed by atoms with Crippen molar-refractivity contribution in [3.63, 3.8) is 0 Å². The summed E-state index contributed by atoms with van der Waals surface area (Å²) in [4.78, 5) is 12.8. The van der Waals surface area contributed by atoms with Crippen LogP contribution in [0.3, 0.4) is 0 Å². The fourth-order valence-corrected chi connectivity index (χ4v) is 3.18. The first-order valence-electron chi connectivity index (χ1n) is 8.95. The molecule has 0 spiro atoms. The van der Waals surface area contributed by atoms with Crippen molar-refractivity contribution in [2.24, 2.45) is 0 Å². The molecule has 146 valence electrons. The minimum absolute atomic E-state index is 0.0496. The summed E-state index contributed by atoms with van der Waals surface area (Å²) in [7, 11) is 0. The molecule has 2 heterocycles. The molecule has 2 aromatic carbocycles. The molecule has 0 fully saturated rings. The Balaban J connectivity index is 1.63. The van der Waals surface area contributed by atoms with Gasteiger partial charge in [-0.05, 0) is 29.8 Å². The summed E-state index contributed by atoms with van der Waals surface area (Å²) in [5.41, 5.74) is 1.39. The van der Waals surface area contributed by atoms with Gasteiger partial charge in [-0.3, -0.25) is 4.79 Å². The SMILES string of the molecule is O=C(NCc1ccccc1F)c1nnn(Cc2ccccc2Cl)c1-n1cccc1. The molecule has 1 amide bonds. The number of amides is 1. The number of carbonyl (C=O) groups excluding carboxylic acids is 1. The van der Waals surface area contributed by atoms with E-state index in [2.05, 4.69) is 15.6 Å². The van der Waals surface area contributed by atoms with Crippen molar-refractivity contribution < 1.29 is 9.18 Å². The van der Waals surface area contributed by atoms with Crippen molar-refractivity contribution in [3.8, 4) is 5.82 Å². The summed E-state index contributed by atoms with van der Waals surface area (Å²) < 4.78 is 17.2. The molecule has 1 N–H and O–H groups in total. The highest BCUT2D eigenvalue weighted by molar-refractivity contribution is 6.31. The minimum atomic E-state index is -0.442. The topological polar surface area (TPSA) is 64.7 Å². The van der Waals surface area contributed by atoms with Crippen LogP contribution in [0.25, 0.3) is 5.82 Å². The van der Waals surface area contributed by atoms with Gasteiger partial charge in [0.15, 0.2) is 11.5 Å². The van der Waals surface area contributed by atoms with Gasteiger partial charge in [0.05, 0.1) is 6.54 Å². The minimum Gasteiger partial charge on any atom is -0.346 e. The lowest BCUT2D eigenvalue weighted by Gasteiger charge is -2.11. The van der Waals surface area contributed by atoms with Gasteiger partial charge in [0, 0.05) is 29.5 Å². The number of carbonyl (C=O) groups is 1. The van der Waals surface area contributed by atoms with Crippen LogP contribution in [-0.4, -0.2) is 25.5 Å². The van der Waals surface area contributed by atoms with Crippen molar-refractivity contribution in [1.29, 1.82) is 0 Å². The van der Waals surface area contributed by atoms with Crippen LogP contribution in [-0.2, 0) is 13.1 Å². The van der Waals surface area contributed by atoms with Crippen LogP contribution >= 0.6 is 11.6 Å². The first-order chi connectivity index (χ1) is 14.1. The molecule has 0 atom stereocenters. The second kappa shape index (κ2) is 8.28. The fraction of sp³-hybridized carbons (Fsp3) is 0.0952. The van der Waals surface area contributed by atoms with E-state index in [0.29, 0.717) is 22.9 Å². The molecule has 0 aliphatic heterocycles. The molecule has 2 aromatic heterocycles. The third-order valence-corrected chi connectivity index (χ3v) is 4.82. The van der Waals surface area contributed by atoms with Crippen molar-refractivity contribution in [2.45, 2.75) is 13.1 Å². The highest BCUT2D eigenvalue weighted by Gasteiger charge is 2.21. The molecule has 0 saturated carbocycles. The van der Waals surface area contributed by atoms with Gasteiger partial charge in [-0.2, -0.15) is 0 Å². The molecule has 6 nitrogen and oxygen atoms in total. The van der Waals surface area contributed by atoms with Crippen molar-refractivity contribution in [1.82, 2.24) is 24.9 Å². The molecular weight excluding hydrogens is 393 g/mol. The number of nitrogens with one attached hydrogen (secondary N) is 1. The summed E-state index contributed by atoms with van der Waals surface area (Å²) >= 11 is 6.27. The van der Waals surface area contributed by atoms with Crippen LogP contribution in [0, 0.1) is 5.82 Å². The standard InChI is InChI=1S/C21H17ClFN5O/c22-17-9-3-1-8-16(17)14-28-21(27-11-5-6-12-27)19(25-26-28)20(29)24-13-15-7-2-4-10-18(15)23/h1-12H,13-14H2,(H,24,29). The average molecular weight is 410 g/mol. The summed E-state index contributed by atoms with van der Waals surface area (Å²) in [6, 6.07) is 17.4. The molecule has 0 saturated heterocycles. The smallest absolute Gasteiger partial charge is 0.276 e. The Labute approximate surface area is 171 Å². The van der Waals surface area contributed by atoms with Gasteiger partial charge in [-0.1, -0.05) is 53.2 Å². The second-order valence-corrected chi connectivity index (χ2v) is 6.78. The van der Waals surface area contributed by atoms with Crippen molar-refractivity contribution in [3.05, 3.63) is 101 Å². The Kier molecular flexibility index (Phi) is 5.39. The number of hydrogen-bond donors (Lipinski definition) is 1. The maximum atomic E-state index is 13.8. The molecule has 8 heteroatoms. The zero-order chi connectivity index (χ0) is 20.2. The number of rotatable bonds is 6. The van der Waals surface area contributed by atoms with E-state index in [9.17, 15) is 9.18 Å². The monoisotopic (exact) mass is 409 g/mol. The van der Waals surface area contributed by atoms with Crippen molar-refractivity contribution in [2.75, 3.05) is 0 Å². The zero-order valence-electron chi connectivity index (χ0n) is 15.3. The van der Waals surface area contributed by atoms with E-state index in [0.717, 1.165) is 5.56 Å². The van der Waals surface area contributed by atoms with Gasteiger partial charge in [0.2, 0.25) is 0 Å². The largest absolute Gasteiger partial charge is 0.346 e. The van der Waals surface area contributed by atoms with Gasteiger partial charge in [-0.15, -0.1) is 5.10 Å². The van der Waals surface area contributed by atoms with Crippen LogP contribution in [0.5, 0.6) is 0 Å². The van der Waals surface area contributed by atoms with Gasteiger partial charge in [0.25, 0.3) is 5.91 Å². The first-order valence-corrected chi connectivity index (χ1v) is 9.33. The molecule has 4 rings (SSSR count). The molecule has 0 aliphatic rings. The van der Waals surface area contributed by atoms with Crippen LogP contribution in [0.2, 0.25) is 5.02 Å². The summed E-state index contributed by atoms with van der Waals surface area (Å²) in [6.07, 6.45) is 3.60. The Morgan fingerprint density at radius 1 is 1.00 bits per heavy atom. The molecule has 4 aromatic rings. The van der Waals surface area contributed by atoms with Gasteiger partial charge < -0.3 is 9.88 Å². The molecule has 0 aliphatic carbocycles. The van der Waals surface area contributed by atoms with Crippen LogP contribution in [0.1, 0.15) is 21.6 Å². The molecule has 0 bridgehead atoms. The maximum absolute atomic E-state index is 13.8. The van der Waals surface area contributed by atoms with E-state index in [-0.39, 0.29) is 18.1 Å².